The number of para-hydroxylation sites is 2. The number of amides is 1. The number of likely N-dealkylation sites (N-methyl/N-ethyl adjacent to an activating group) is 1. The van der Waals surface area contributed by atoms with E-state index in [0.717, 1.165) is 22.7 Å². The van der Waals surface area contributed by atoms with Crippen LogP contribution in [0.25, 0.3) is 0 Å². The molecule has 0 fully saturated rings. The average Bonchev–Trinajstić information content (AvgIpc) is 2.61. The quantitative estimate of drug-likeness (QED) is 0.909. The van der Waals surface area contributed by atoms with Crippen molar-refractivity contribution in [3.05, 3.63) is 53.6 Å². The minimum absolute atomic E-state index is 0.0362. The zero-order valence-corrected chi connectivity index (χ0v) is 14.9. The SMILES string of the molecule is Cc1ccc(C)c(N(C)CC(=O)NCC2COc3ccccc3O2)c1. The molecule has 1 N–H and O–H groups in total. The third-order valence-electron chi connectivity index (χ3n) is 4.25. The van der Waals surface area contributed by atoms with E-state index in [1.54, 1.807) is 0 Å². The number of ether oxygens (including phenoxy) is 2. The van der Waals surface area contributed by atoms with Crippen LogP contribution < -0.4 is 19.7 Å². The zero-order chi connectivity index (χ0) is 17.8. The third-order valence-corrected chi connectivity index (χ3v) is 4.25. The molecule has 1 atom stereocenters. The Hall–Kier alpha value is -2.69. The molecule has 0 aliphatic carbocycles. The summed E-state index contributed by atoms with van der Waals surface area (Å²) >= 11 is 0. The second-order valence-electron chi connectivity index (χ2n) is 6.45. The van der Waals surface area contributed by atoms with Crippen LogP contribution in [0.2, 0.25) is 0 Å². The van der Waals surface area contributed by atoms with Gasteiger partial charge in [-0.05, 0) is 43.2 Å². The molecule has 3 rings (SSSR count). The molecular formula is C20H24N2O3. The second kappa shape index (κ2) is 7.47. The van der Waals surface area contributed by atoms with E-state index in [1.165, 1.54) is 5.56 Å². The van der Waals surface area contributed by atoms with Gasteiger partial charge in [-0.2, -0.15) is 0 Å². The van der Waals surface area contributed by atoms with Crippen molar-refractivity contribution in [2.75, 3.05) is 31.6 Å². The Labute approximate surface area is 148 Å². The fourth-order valence-electron chi connectivity index (χ4n) is 2.88. The van der Waals surface area contributed by atoms with Gasteiger partial charge in [0.2, 0.25) is 5.91 Å². The minimum atomic E-state index is -0.176. The molecular weight excluding hydrogens is 316 g/mol. The Kier molecular flexibility index (Phi) is 5.12. The molecule has 1 aliphatic heterocycles. The fourth-order valence-corrected chi connectivity index (χ4v) is 2.88. The lowest BCUT2D eigenvalue weighted by Crippen LogP contribution is -2.43. The Balaban J connectivity index is 1.51. The van der Waals surface area contributed by atoms with Gasteiger partial charge in [-0.1, -0.05) is 24.3 Å². The molecule has 132 valence electrons. The van der Waals surface area contributed by atoms with Gasteiger partial charge in [0.25, 0.3) is 0 Å². The average molecular weight is 340 g/mol. The molecule has 0 saturated carbocycles. The third kappa shape index (κ3) is 4.24. The molecule has 0 aromatic heterocycles. The van der Waals surface area contributed by atoms with Crippen molar-refractivity contribution in [2.45, 2.75) is 20.0 Å². The van der Waals surface area contributed by atoms with E-state index in [2.05, 4.69) is 30.4 Å². The van der Waals surface area contributed by atoms with Crippen molar-refractivity contribution in [3.63, 3.8) is 0 Å². The number of nitrogens with zero attached hydrogens (tertiary/aromatic N) is 1. The predicted molar refractivity (Wildman–Crippen MR) is 98.5 cm³/mol. The number of carbonyl (C=O) groups excluding carboxylic acids is 1. The number of carbonyl (C=O) groups is 1. The van der Waals surface area contributed by atoms with Crippen LogP contribution in [0, 0.1) is 13.8 Å². The van der Waals surface area contributed by atoms with Crippen LogP contribution >= 0.6 is 0 Å². The highest BCUT2D eigenvalue weighted by Crippen LogP contribution is 2.30. The number of hydrogen-bond acceptors (Lipinski definition) is 4. The summed E-state index contributed by atoms with van der Waals surface area (Å²) in [6, 6.07) is 13.8. The van der Waals surface area contributed by atoms with E-state index < -0.39 is 0 Å². The fraction of sp³-hybridized carbons (Fsp3) is 0.350. The van der Waals surface area contributed by atoms with E-state index in [4.69, 9.17) is 9.47 Å². The van der Waals surface area contributed by atoms with Gasteiger partial charge in [-0.25, -0.2) is 0 Å². The van der Waals surface area contributed by atoms with Gasteiger partial charge in [0.1, 0.15) is 12.7 Å². The molecule has 1 unspecified atom stereocenters. The number of anilines is 1. The molecule has 0 bridgehead atoms. The summed E-state index contributed by atoms with van der Waals surface area (Å²) in [6.45, 7) is 5.26. The monoisotopic (exact) mass is 340 g/mol. The molecule has 5 nitrogen and oxygen atoms in total. The Bertz CT molecular complexity index is 760. The van der Waals surface area contributed by atoms with Gasteiger partial charge in [0, 0.05) is 12.7 Å². The van der Waals surface area contributed by atoms with E-state index in [1.807, 2.05) is 43.1 Å². The number of rotatable bonds is 5. The first kappa shape index (κ1) is 17.1. The number of fused-ring (bicyclic) bond motifs is 1. The summed E-state index contributed by atoms with van der Waals surface area (Å²) in [5, 5.41) is 2.93. The molecule has 2 aromatic rings. The van der Waals surface area contributed by atoms with Crippen molar-refractivity contribution in [1.29, 1.82) is 0 Å². The van der Waals surface area contributed by atoms with Crippen LogP contribution in [0.5, 0.6) is 11.5 Å². The van der Waals surface area contributed by atoms with E-state index in [-0.39, 0.29) is 12.0 Å². The summed E-state index contributed by atoms with van der Waals surface area (Å²) in [5.41, 5.74) is 3.40. The zero-order valence-electron chi connectivity index (χ0n) is 14.9. The standard InChI is InChI=1S/C20H24N2O3/c1-14-8-9-15(2)17(10-14)22(3)12-20(23)21-11-16-13-24-18-6-4-5-7-19(18)25-16/h4-10,16H,11-13H2,1-3H3,(H,21,23). The molecule has 1 amide bonds. The lowest BCUT2D eigenvalue weighted by Gasteiger charge is -2.27. The first-order valence-electron chi connectivity index (χ1n) is 8.46. The molecule has 0 saturated heterocycles. The highest BCUT2D eigenvalue weighted by Gasteiger charge is 2.21. The van der Waals surface area contributed by atoms with Crippen molar-refractivity contribution < 1.29 is 14.3 Å². The summed E-state index contributed by atoms with van der Waals surface area (Å²) in [7, 11) is 1.93. The van der Waals surface area contributed by atoms with E-state index in [0.29, 0.717) is 19.7 Å². The van der Waals surface area contributed by atoms with Crippen molar-refractivity contribution >= 4 is 11.6 Å². The van der Waals surface area contributed by atoms with E-state index in [9.17, 15) is 4.79 Å². The van der Waals surface area contributed by atoms with Crippen LogP contribution in [0.4, 0.5) is 5.69 Å². The maximum absolute atomic E-state index is 12.3. The van der Waals surface area contributed by atoms with Crippen LogP contribution in [0.1, 0.15) is 11.1 Å². The topological polar surface area (TPSA) is 50.8 Å². The minimum Gasteiger partial charge on any atom is -0.486 e. The van der Waals surface area contributed by atoms with Crippen LogP contribution in [-0.4, -0.2) is 38.8 Å². The maximum atomic E-state index is 12.3. The molecule has 2 aromatic carbocycles. The first-order valence-corrected chi connectivity index (χ1v) is 8.46. The first-order chi connectivity index (χ1) is 12.0. The Morgan fingerprint density at radius 3 is 2.76 bits per heavy atom. The lowest BCUT2D eigenvalue weighted by atomic mass is 10.1. The Morgan fingerprint density at radius 1 is 1.20 bits per heavy atom. The number of aryl methyl sites for hydroxylation is 2. The number of hydrogen-bond donors (Lipinski definition) is 1. The van der Waals surface area contributed by atoms with E-state index >= 15 is 0 Å². The normalized spacial score (nSPS) is 15.6. The van der Waals surface area contributed by atoms with Crippen LogP contribution in [-0.2, 0) is 4.79 Å². The summed E-state index contributed by atoms with van der Waals surface area (Å²) in [6.07, 6.45) is -0.176. The smallest absolute Gasteiger partial charge is 0.239 e. The summed E-state index contributed by atoms with van der Waals surface area (Å²) in [4.78, 5) is 14.2. The second-order valence-corrected chi connectivity index (χ2v) is 6.45. The Morgan fingerprint density at radius 2 is 1.96 bits per heavy atom. The molecule has 1 aliphatic rings. The van der Waals surface area contributed by atoms with Crippen molar-refractivity contribution in [2.24, 2.45) is 0 Å². The van der Waals surface area contributed by atoms with Gasteiger partial charge in [0.15, 0.2) is 11.5 Å². The molecule has 0 radical (unpaired) electrons. The maximum Gasteiger partial charge on any atom is 0.239 e. The largest absolute Gasteiger partial charge is 0.486 e. The van der Waals surface area contributed by atoms with Crippen LogP contribution in [0.15, 0.2) is 42.5 Å². The molecule has 5 heteroatoms. The highest BCUT2D eigenvalue weighted by atomic mass is 16.6. The molecule has 1 heterocycles. The molecule has 25 heavy (non-hydrogen) atoms. The van der Waals surface area contributed by atoms with Gasteiger partial charge in [-0.3, -0.25) is 4.79 Å². The molecule has 0 spiro atoms. The van der Waals surface area contributed by atoms with Gasteiger partial charge >= 0.3 is 0 Å². The number of benzene rings is 2. The van der Waals surface area contributed by atoms with Crippen LogP contribution in [0.3, 0.4) is 0 Å². The highest BCUT2D eigenvalue weighted by molar-refractivity contribution is 5.81. The summed E-state index contributed by atoms with van der Waals surface area (Å²) in [5.74, 6) is 1.44. The van der Waals surface area contributed by atoms with Crippen molar-refractivity contribution in [1.82, 2.24) is 5.32 Å². The van der Waals surface area contributed by atoms with Gasteiger partial charge < -0.3 is 19.7 Å². The predicted octanol–water partition coefficient (Wildman–Crippen LogP) is 2.70. The number of nitrogens with one attached hydrogen (secondary N) is 1. The lowest BCUT2D eigenvalue weighted by molar-refractivity contribution is -0.120. The van der Waals surface area contributed by atoms with Crippen molar-refractivity contribution in [3.8, 4) is 11.5 Å². The summed E-state index contributed by atoms with van der Waals surface area (Å²) < 4.78 is 11.5. The van der Waals surface area contributed by atoms with Gasteiger partial charge in [-0.15, -0.1) is 0 Å². The van der Waals surface area contributed by atoms with Gasteiger partial charge in [0.05, 0.1) is 13.1 Å².